The molecule has 178 valence electrons. The van der Waals surface area contributed by atoms with Gasteiger partial charge in [0, 0.05) is 13.1 Å². The van der Waals surface area contributed by atoms with E-state index in [2.05, 4.69) is 12.2 Å². The highest BCUT2D eigenvalue weighted by Gasteiger charge is 2.27. The van der Waals surface area contributed by atoms with Crippen molar-refractivity contribution in [3.63, 3.8) is 0 Å². The third-order valence-corrected chi connectivity index (χ3v) is 7.62. The van der Waals surface area contributed by atoms with Crippen molar-refractivity contribution in [3.05, 3.63) is 78.9 Å². The molecule has 1 fully saturated rings. The summed E-state index contributed by atoms with van der Waals surface area (Å²) in [5.41, 5.74) is 0.525. The van der Waals surface area contributed by atoms with Crippen LogP contribution in [0, 0.1) is 5.92 Å². The number of piperidine rings is 1. The zero-order chi connectivity index (χ0) is 24.0. The summed E-state index contributed by atoms with van der Waals surface area (Å²) >= 11 is 0. The molecular weight excluding hydrogens is 452 g/mol. The van der Waals surface area contributed by atoms with Gasteiger partial charge in [0.05, 0.1) is 10.6 Å². The molecule has 0 atom stereocenters. The summed E-state index contributed by atoms with van der Waals surface area (Å²) in [4.78, 5) is 12.7. The minimum absolute atomic E-state index is 0.226. The van der Waals surface area contributed by atoms with Crippen LogP contribution in [0.25, 0.3) is 0 Å². The van der Waals surface area contributed by atoms with Crippen molar-refractivity contribution < 1.29 is 22.7 Å². The van der Waals surface area contributed by atoms with Crippen molar-refractivity contribution >= 4 is 21.6 Å². The maximum atomic E-state index is 12.8. The molecule has 0 aromatic heterocycles. The fraction of sp³-hybridized carbons (Fsp3) is 0.269. The van der Waals surface area contributed by atoms with Crippen LogP contribution in [0.2, 0.25) is 0 Å². The molecule has 34 heavy (non-hydrogen) atoms. The van der Waals surface area contributed by atoms with Crippen LogP contribution >= 0.6 is 0 Å². The largest absolute Gasteiger partial charge is 0.484 e. The van der Waals surface area contributed by atoms with Crippen LogP contribution in [0.1, 0.15) is 19.8 Å². The zero-order valence-electron chi connectivity index (χ0n) is 19.0. The Balaban J connectivity index is 1.33. The number of amides is 1. The lowest BCUT2D eigenvalue weighted by Gasteiger charge is -2.29. The van der Waals surface area contributed by atoms with Crippen LogP contribution in [-0.4, -0.2) is 38.3 Å². The van der Waals surface area contributed by atoms with Gasteiger partial charge in [-0.15, -0.1) is 0 Å². The second kappa shape index (κ2) is 10.7. The summed E-state index contributed by atoms with van der Waals surface area (Å²) in [5, 5.41) is 2.79. The molecule has 8 heteroatoms. The topological polar surface area (TPSA) is 84.9 Å². The molecule has 0 aliphatic carbocycles. The van der Waals surface area contributed by atoms with Crippen LogP contribution in [0.4, 0.5) is 5.69 Å². The number of anilines is 1. The summed E-state index contributed by atoms with van der Waals surface area (Å²) in [6, 6.07) is 22.6. The van der Waals surface area contributed by atoms with Gasteiger partial charge in [0.25, 0.3) is 5.91 Å². The molecule has 1 aliphatic rings. The van der Waals surface area contributed by atoms with Gasteiger partial charge in [-0.05, 0) is 67.3 Å². The van der Waals surface area contributed by atoms with Gasteiger partial charge in [-0.25, -0.2) is 8.42 Å². The highest BCUT2D eigenvalue weighted by atomic mass is 32.2. The normalized spacial score (nSPS) is 15.0. The van der Waals surface area contributed by atoms with Gasteiger partial charge in [-0.2, -0.15) is 4.31 Å². The van der Waals surface area contributed by atoms with Crippen molar-refractivity contribution in [2.24, 2.45) is 5.92 Å². The highest BCUT2D eigenvalue weighted by Crippen LogP contribution is 2.29. The average Bonchev–Trinajstić information content (AvgIpc) is 2.85. The molecule has 4 rings (SSSR count). The van der Waals surface area contributed by atoms with Gasteiger partial charge in [0.15, 0.2) is 12.4 Å². The lowest BCUT2D eigenvalue weighted by molar-refractivity contribution is -0.118. The van der Waals surface area contributed by atoms with Crippen LogP contribution in [-0.2, 0) is 14.8 Å². The van der Waals surface area contributed by atoms with E-state index in [0.29, 0.717) is 41.9 Å². The molecule has 0 spiro atoms. The van der Waals surface area contributed by atoms with E-state index in [-0.39, 0.29) is 17.4 Å². The summed E-state index contributed by atoms with van der Waals surface area (Å²) in [6.07, 6.45) is 1.74. The van der Waals surface area contributed by atoms with Crippen molar-refractivity contribution in [1.82, 2.24) is 4.31 Å². The summed E-state index contributed by atoms with van der Waals surface area (Å²) in [7, 11) is -3.52. The number of nitrogens with zero attached hydrogens (tertiary/aromatic N) is 1. The number of benzene rings is 3. The Morgan fingerprint density at radius 2 is 1.56 bits per heavy atom. The van der Waals surface area contributed by atoms with E-state index in [1.165, 1.54) is 16.4 Å². The Bertz CT molecular complexity index is 1210. The fourth-order valence-electron chi connectivity index (χ4n) is 3.69. The molecule has 0 unspecified atom stereocenters. The Labute approximate surface area is 200 Å². The molecule has 0 radical (unpaired) electrons. The minimum atomic E-state index is -3.52. The number of carbonyl (C=O) groups is 1. The molecule has 1 amide bonds. The summed E-state index contributed by atoms with van der Waals surface area (Å²) < 4.78 is 38.6. The highest BCUT2D eigenvalue weighted by molar-refractivity contribution is 7.89. The monoisotopic (exact) mass is 480 g/mol. The van der Waals surface area contributed by atoms with Crippen molar-refractivity contribution in [2.75, 3.05) is 25.0 Å². The Kier molecular flexibility index (Phi) is 7.49. The van der Waals surface area contributed by atoms with Crippen LogP contribution in [0.15, 0.2) is 83.8 Å². The van der Waals surface area contributed by atoms with E-state index in [1.54, 1.807) is 30.3 Å². The number of para-hydroxylation sites is 3. The minimum Gasteiger partial charge on any atom is -0.484 e. The van der Waals surface area contributed by atoms with Crippen molar-refractivity contribution in [2.45, 2.75) is 24.7 Å². The first-order valence-corrected chi connectivity index (χ1v) is 12.7. The van der Waals surface area contributed by atoms with Crippen LogP contribution in [0.3, 0.4) is 0 Å². The van der Waals surface area contributed by atoms with Gasteiger partial charge >= 0.3 is 0 Å². The molecule has 7 nitrogen and oxygen atoms in total. The van der Waals surface area contributed by atoms with Gasteiger partial charge in [0.2, 0.25) is 10.0 Å². The lowest BCUT2D eigenvalue weighted by atomic mass is 10.0. The molecule has 3 aromatic carbocycles. The van der Waals surface area contributed by atoms with Gasteiger partial charge < -0.3 is 14.8 Å². The molecule has 3 aromatic rings. The number of carbonyl (C=O) groups excluding carboxylic acids is 1. The quantitative estimate of drug-likeness (QED) is 0.495. The fourth-order valence-corrected chi connectivity index (χ4v) is 5.16. The number of ether oxygens (including phenoxy) is 2. The number of sulfonamides is 1. The van der Waals surface area contributed by atoms with Crippen LogP contribution < -0.4 is 14.8 Å². The molecule has 1 N–H and O–H groups in total. The average molecular weight is 481 g/mol. The lowest BCUT2D eigenvalue weighted by Crippen LogP contribution is -2.37. The molecule has 1 saturated heterocycles. The molecule has 1 aliphatic heterocycles. The Morgan fingerprint density at radius 1 is 0.912 bits per heavy atom. The standard InChI is InChI=1S/C26H28N2O5S/c1-20-15-17-28(18-16-20)34(30,31)23-13-11-21(12-14-23)32-19-26(29)27-24-9-5-6-10-25(24)33-22-7-3-2-4-8-22/h2-14,20H,15-19H2,1H3,(H,27,29). The third kappa shape index (κ3) is 5.95. The van der Waals surface area contributed by atoms with E-state index in [4.69, 9.17) is 9.47 Å². The number of hydrogen-bond acceptors (Lipinski definition) is 5. The summed E-state index contributed by atoms with van der Waals surface area (Å²) in [6.45, 7) is 2.99. The van der Waals surface area contributed by atoms with Crippen molar-refractivity contribution in [3.8, 4) is 17.2 Å². The van der Waals surface area contributed by atoms with E-state index < -0.39 is 10.0 Å². The molecular formula is C26H28N2O5S. The maximum absolute atomic E-state index is 12.8. The Morgan fingerprint density at radius 3 is 2.26 bits per heavy atom. The molecule has 0 bridgehead atoms. The first kappa shape index (κ1) is 23.8. The molecule has 0 saturated carbocycles. The molecule has 1 heterocycles. The van der Waals surface area contributed by atoms with Crippen LogP contribution in [0.5, 0.6) is 17.2 Å². The first-order chi connectivity index (χ1) is 16.4. The van der Waals surface area contributed by atoms with E-state index in [0.717, 1.165) is 12.8 Å². The first-order valence-electron chi connectivity index (χ1n) is 11.3. The zero-order valence-corrected chi connectivity index (χ0v) is 19.8. The second-order valence-electron chi connectivity index (χ2n) is 8.31. The van der Waals surface area contributed by atoms with E-state index in [9.17, 15) is 13.2 Å². The maximum Gasteiger partial charge on any atom is 0.262 e. The predicted molar refractivity (Wildman–Crippen MR) is 131 cm³/mol. The predicted octanol–water partition coefficient (Wildman–Crippen LogP) is 4.92. The Hall–Kier alpha value is -3.36. The van der Waals surface area contributed by atoms with Gasteiger partial charge in [0.1, 0.15) is 11.5 Å². The smallest absolute Gasteiger partial charge is 0.262 e. The van der Waals surface area contributed by atoms with Crippen molar-refractivity contribution in [1.29, 1.82) is 0 Å². The second-order valence-corrected chi connectivity index (χ2v) is 10.2. The van der Waals surface area contributed by atoms with Gasteiger partial charge in [-0.1, -0.05) is 37.3 Å². The number of rotatable bonds is 8. The number of hydrogen-bond donors (Lipinski definition) is 1. The van der Waals surface area contributed by atoms with E-state index >= 15 is 0 Å². The SMILES string of the molecule is CC1CCN(S(=O)(=O)c2ccc(OCC(=O)Nc3ccccc3Oc3ccccc3)cc2)CC1. The van der Waals surface area contributed by atoms with E-state index in [1.807, 2.05) is 36.4 Å². The summed E-state index contributed by atoms with van der Waals surface area (Å²) in [5.74, 6) is 1.78. The van der Waals surface area contributed by atoms with Gasteiger partial charge in [-0.3, -0.25) is 4.79 Å². The third-order valence-electron chi connectivity index (χ3n) is 5.71. The number of nitrogens with one attached hydrogen (secondary N) is 1.